The van der Waals surface area contributed by atoms with Crippen molar-refractivity contribution in [2.45, 2.75) is 12.6 Å². The molecule has 2 aromatic rings. The zero-order valence-corrected chi connectivity index (χ0v) is 11.1. The van der Waals surface area contributed by atoms with Crippen LogP contribution in [-0.2, 0) is 0 Å². The molecule has 110 valence electrons. The van der Waals surface area contributed by atoms with E-state index in [4.69, 9.17) is 4.74 Å². The first-order chi connectivity index (χ1) is 9.96. The van der Waals surface area contributed by atoms with Crippen LogP contribution < -0.4 is 4.74 Å². The van der Waals surface area contributed by atoms with E-state index in [-0.39, 0.29) is 5.78 Å². The Morgan fingerprint density at radius 2 is 1.48 bits per heavy atom. The van der Waals surface area contributed by atoms with Crippen molar-refractivity contribution in [3.63, 3.8) is 0 Å². The highest BCUT2D eigenvalue weighted by Crippen LogP contribution is 2.21. The minimum Gasteiger partial charge on any atom is -0.493 e. The van der Waals surface area contributed by atoms with Crippen LogP contribution in [0.3, 0.4) is 0 Å². The predicted octanol–water partition coefficient (Wildman–Crippen LogP) is 4.25. The molecule has 0 saturated carbocycles. The van der Waals surface area contributed by atoms with Gasteiger partial charge in [0, 0.05) is 11.1 Å². The fourth-order valence-corrected chi connectivity index (χ4v) is 1.74. The maximum absolute atomic E-state index is 12.1. The number of rotatable bonds is 5. The third kappa shape index (κ3) is 4.63. The van der Waals surface area contributed by atoms with Crippen LogP contribution >= 0.6 is 0 Å². The monoisotopic (exact) mass is 294 g/mol. The summed E-state index contributed by atoms with van der Waals surface area (Å²) >= 11 is 0. The van der Waals surface area contributed by atoms with Crippen molar-refractivity contribution in [1.82, 2.24) is 0 Å². The number of benzene rings is 2. The average molecular weight is 294 g/mol. The maximum atomic E-state index is 12.1. The SMILES string of the molecule is O=C(c1ccccc1)c1ccc(OCCC(F)(F)F)cc1. The Kier molecular flexibility index (Phi) is 4.62. The number of ketones is 1. The topological polar surface area (TPSA) is 26.3 Å². The minimum absolute atomic E-state index is 0.141. The molecule has 0 aromatic heterocycles. The standard InChI is InChI=1S/C16H13F3O2/c17-16(18,19)10-11-21-14-8-6-13(7-9-14)15(20)12-4-2-1-3-5-12/h1-9H,10-11H2. The first-order valence-electron chi connectivity index (χ1n) is 6.35. The van der Waals surface area contributed by atoms with Crippen molar-refractivity contribution in [3.8, 4) is 5.75 Å². The molecule has 0 atom stereocenters. The molecule has 0 fully saturated rings. The lowest BCUT2D eigenvalue weighted by molar-refractivity contribution is -0.139. The number of alkyl halides is 3. The van der Waals surface area contributed by atoms with E-state index < -0.39 is 19.2 Å². The van der Waals surface area contributed by atoms with Gasteiger partial charge in [-0.15, -0.1) is 0 Å². The zero-order valence-electron chi connectivity index (χ0n) is 11.1. The van der Waals surface area contributed by atoms with Crippen LogP contribution in [0.5, 0.6) is 5.75 Å². The van der Waals surface area contributed by atoms with E-state index in [2.05, 4.69) is 0 Å². The summed E-state index contributed by atoms with van der Waals surface area (Å²) in [4.78, 5) is 12.1. The molecule has 0 unspecified atom stereocenters. The number of hydrogen-bond donors (Lipinski definition) is 0. The van der Waals surface area contributed by atoms with E-state index in [0.29, 0.717) is 16.9 Å². The Hall–Kier alpha value is -2.30. The molecule has 0 saturated heterocycles. The van der Waals surface area contributed by atoms with Gasteiger partial charge in [-0.1, -0.05) is 30.3 Å². The van der Waals surface area contributed by atoms with Crippen molar-refractivity contribution in [3.05, 3.63) is 65.7 Å². The number of hydrogen-bond acceptors (Lipinski definition) is 2. The first kappa shape index (κ1) is 15.1. The van der Waals surface area contributed by atoms with E-state index in [0.717, 1.165) is 0 Å². The summed E-state index contributed by atoms with van der Waals surface area (Å²) in [6, 6.07) is 14.8. The zero-order chi connectivity index (χ0) is 15.3. The van der Waals surface area contributed by atoms with Gasteiger partial charge in [-0.05, 0) is 24.3 Å². The van der Waals surface area contributed by atoms with Gasteiger partial charge in [0.25, 0.3) is 0 Å². The second-order valence-corrected chi connectivity index (χ2v) is 4.43. The molecule has 0 aliphatic rings. The average Bonchev–Trinajstić information content (AvgIpc) is 2.47. The van der Waals surface area contributed by atoms with Gasteiger partial charge in [-0.3, -0.25) is 4.79 Å². The molecule has 0 bridgehead atoms. The molecular weight excluding hydrogens is 281 g/mol. The van der Waals surface area contributed by atoms with Gasteiger partial charge in [-0.2, -0.15) is 13.2 Å². The van der Waals surface area contributed by atoms with E-state index in [1.54, 1.807) is 24.3 Å². The summed E-state index contributed by atoms with van der Waals surface area (Å²) in [5.74, 6) is 0.168. The van der Waals surface area contributed by atoms with Crippen molar-refractivity contribution < 1.29 is 22.7 Å². The molecule has 5 heteroatoms. The van der Waals surface area contributed by atoms with Gasteiger partial charge in [0.15, 0.2) is 5.78 Å². The van der Waals surface area contributed by atoms with Gasteiger partial charge in [0.05, 0.1) is 13.0 Å². The van der Waals surface area contributed by atoms with Crippen LogP contribution in [0.2, 0.25) is 0 Å². The maximum Gasteiger partial charge on any atom is 0.392 e. The lowest BCUT2D eigenvalue weighted by Gasteiger charge is -2.09. The highest BCUT2D eigenvalue weighted by atomic mass is 19.4. The highest BCUT2D eigenvalue weighted by Gasteiger charge is 2.26. The molecule has 0 radical (unpaired) electrons. The molecule has 21 heavy (non-hydrogen) atoms. The largest absolute Gasteiger partial charge is 0.493 e. The molecule has 0 spiro atoms. The Bertz CT molecular complexity index is 589. The molecule has 0 heterocycles. The van der Waals surface area contributed by atoms with E-state index in [1.165, 1.54) is 24.3 Å². The first-order valence-corrected chi connectivity index (χ1v) is 6.35. The number of carbonyl (C=O) groups is 1. The van der Waals surface area contributed by atoms with Crippen molar-refractivity contribution >= 4 is 5.78 Å². The van der Waals surface area contributed by atoms with Crippen molar-refractivity contribution in [2.75, 3.05) is 6.61 Å². The normalized spacial score (nSPS) is 11.2. The molecule has 2 aromatic carbocycles. The highest BCUT2D eigenvalue weighted by molar-refractivity contribution is 6.08. The molecule has 0 aliphatic carbocycles. The predicted molar refractivity (Wildman–Crippen MR) is 72.5 cm³/mol. The molecule has 2 nitrogen and oxygen atoms in total. The third-order valence-electron chi connectivity index (χ3n) is 2.81. The lowest BCUT2D eigenvalue weighted by atomic mass is 10.0. The quantitative estimate of drug-likeness (QED) is 0.771. The Morgan fingerprint density at radius 1 is 0.905 bits per heavy atom. The van der Waals surface area contributed by atoms with Gasteiger partial charge < -0.3 is 4.74 Å². The Morgan fingerprint density at radius 3 is 2.05 bits per heavy atom. The molecule has 0 amide bonds. The second-order valence-electron chi connectivity index (χ2n) is 4.43. The summed E-state index contributed by atoms with van der Waals surface area (Å²) < 4.78 is 41.0. The van der Waals surface area contributed by atoms with Crippen LogP contribution in [0.1, 0.15) is 22.3 Å². The number of ether oxygens (including phenoxy) is 1. The second kappa shape index (κ2) is 6.43. The summed E-state index contributed by atoms with van der Waals surface area (Å²) in [5.41, 5.74) is 1.02. The van der Waals surface area contributed by atoms with Crippen LogP contribution in [0.15, 0.2) is 54.6 Å². The van der Waals surface area contributed by atoms with Crippen molar-refractivity contribution in [2.24, 2.45) is 0 Å². The molecular formula is C16H13F3O2. The third-order valence-corrected chi connectivity index (χ3v) is 2.81. The Labute approximate surface area is 120 Å². The fourth-order valence-electron chi connectivity index (χ4n) is 1.74. The summed E-state index contributed by atoms with van der Waals surface area (Å²) in [5, 5.41) is 0. The molecule has 0 N–H and O–H groups in total. The van der Waals surface area contributed by atoms with Gasteiger partial charge in [0.1, 0.15) is 5.75 Å². The summed E-state index contributed by atoms with van der Waals surface area (Å²) in [7, 11) is 0. The van der Waals surface area contributed by atoms with E-state index in [1.807, 2.05) is 6.07 Å². The van der Waals surface area contributed by atoms with Crippen LogP contribution in [0.25, 0.3) is 0 Å². The van der Waals surface area contributed by atoms with Gasteiger partial charge in [0.2, 0.25) is 0 Å². The Balaban J connectivity index is 1.98. The van der Waals surface area contributed by atoms with Gasteiger partial charge in [-0.25, -0.2) is 0 Å². The number of carbonyl (C=O) groups excluding carboxylic acids is 1. The smallest absolute Gasteiger partial charge is 0.392 e. The lowest BCUT2D eigenvalue weighted by Crippen LogP contribution is -2.13. The van der Waals surface area contributed by atoms with E-state index in [9.17, 15) is 18.0 Å². The molecule has 2 rings (SSSR count). The summed E-state index contributed by atoms with van der Waals surface area (Å²) in [6.07, 6.45) is -5.24. The fraction of sp³-hybridized carbons (Fsp3) is 0.188. The van der Waals surface area contributed by atoms with Crippen LogP contribution in [0.4, 0.5) is 13.2 Å². The number of halogens is 3. The van der Waals surface area contributed by atoms with Crippen LogP contribution in [0, 0.1) is 0 Å². The van der Waals surface area contributed by atoms with Gasteiger partial charge >= 0.3 is 6.18 Å². The van der Waals surface area contributed by atoms with E-state index >= 15 is 0 Å². The minimum atomic E-state index is -4.23. The molecule has 0 aliphatic heterocycles. The summed E-state index contributed by atoms with van der Waals surface area (Å²) in [6.45, 7) is -0.435. The van der Waals surface area contributed by atoms with Crippen molar-refractivity contribution in [1.29, 1.82) is 0 Å². The van der Waals surface area contributed by atoms with Crippen LogP contribution in [-0.4, -0.2) is 18.6 Å².